The number of aliphatic carboxylic acids is 1. The summed E-state index contributed by atoms with van der Waals surface area (Å²) in [5.74, 6) is 0.812. The topological polar surface area (TPSA) is 121 Å². The van der Waals surface area contributed by atoms with Gasteiger partial charge in [0, 0.05) is 24.0 Å². The number of aliphatic hydroxyl groups excluding tert-OH is 1. The van der Waals surface area contributed by atoms with E-state index < -0.39 is 5.97 Å². The summed E-state index contributed by atoms with van der Waals surface area (Å²) in [6, 6.07) is 7.08. The van der Waals surface area contributed by atoms with Crippen LogP contribution in [0.15, 0.2) is 24.3 Å². The van der Waals surface area contributed by atoms with Crippen LogP contribution >= 0.6 is 0 Å². The first-order valence-electron chi connectivity index (χ1n) is 12.4. The fourth-order valence-electron chi connectivity index (χ4n) is 4.11. The Hall–Kier alpha value is -3.46. The van der Waals surface area contributed by atoms with Gasteiger partial charge in [-0.1, -0.05) is 25.7 Å². The third-order valence-corrected chi connectivity index (χ3v) is 5.97. The fraction of sp³-hybridized carbons (Fsp3) is 0.500. The van der Waals surface area contributed by atoms with Crippen molar-refractivity contribution in [2.75, 3.05) is 28.4 Å². The lowest BCUT2D eigenvalue weighted by Gasteiger charge is -2.19. The third kappa shape index (κ3) is 8.86. The summed E-state index contributed by atoms with van der Waals surface area (Å²) in [4.78, 5) is 22.8. The van der Waals surface area contributed by atoms with Crippen molar-refractivity contribution >= 4 is 11.9 Å². The maximum Gasteiger partial charge on any atom is 0.306 e. The second kappa shape index (κ2) is 15.6. The van der Waals surface area contributed by atoms with Crippen LogP contribution in [0.25, 0.3) is 11.1 Å². The molecule has 0 aromatic heterocycles. The number of benzene rings is 2. The van der Waals surface area contributed by atoms with Gasteiger partial charge in [-0.25, -0.2) is 0 Å². The lowest BCUT2D eigenvalue weighted by molar-refractivity contribution is -0.145. The van der Waals surface area contributed by atoms with Crippen LogP contribution in [-0.2, 0) is 27.5 Å². The molecule has 2 aromatic carbocycles. The van der Waals surface area contributed by atoms with Gasteiger partial charge in [0.1, 0.15) is 6.61 Å². The number of carbonyl (C=O) groups excluding carboxylic acids is 1. The molecule has 0 aliphatic carbocycles. The van der Waals surface area contributed by atoms with E-state index in [1.165, 1.54) is 28.4 Å². The van der Waals surface area contributed by atoms with Crippen LogP contribution in [0.2, 0.25) is 0 Å². The third-order valence-electron chi connectivity index (χ3n) is 5.97. The predicted molar refractivity (Wildman–Crippen MR) is 138 cm³/mol. The molecule has 0 fully saturated rings. The van der Waals surface area contributed by atoms with Crippen molar-refractivity contribution in [1.29, 1.82) is 0 Å². The molecule has 0 spiro atoms. The number of carbonyl (C=O) groups is 2. The van der Waals surface area contributed by atoms with E-state index in [1.54, 1.807) is 18.2 Å². The van der Waals surface area contributed by atoms with E-state index in [1.807, 2.05) is 6.07 Å². The molecular formula is C28H38O9. The van der Waals surface area contributed by atoms with Gasteiger partial charge in [0.25, 0.3) is 0 Å². The first-order chi connectivity index (χ1) is 17.9. The van der Waals surface area contributed by atoms with E-state index in [0.717, 1.165) is 32.1 Å². The van der Waals surface area contributed by atoms with Crippen LogP contribution in [0.3, 0.4) is 0 Å². The smallest absolute Gasteiger partial charge is 0.306 e. The number of hydrogen-bond donors (Lipinski definition) is 2. The molecule has 0 heterocycles. The molecule has 9 nitrogen and oxygen atoms in total. The van der Waals surface area contributed by atoms with Crippen LogP contribution in [-0.4, -0.2) is 50.6 Å². The average Bonchev–Trinajstić information content (AvgIpc) is 2.91. The summed E-state index contributed by atoms with van der Waals surface area (Å²) >= 11 is 0. The van der Waals surface area contributed by atoms with Gasteiger partial charge in [-0.2, -0.15) is 0 Å². The van der Waals surface area contributed by atoms with E-state index in [9.17, 15) is 14.7 Å². The number of carboxylic acid groups (broad SMARTS) is 1. The molecule has 0 aliphatic heterocycles. The van der Waals surface area contributed by atoms with E-state index in [4.69, 9.17) is 28.8 Å². The van der Waals surface area contributed by atoms with Crippen LogP contribution in [0.1, 0.15) is 62.5 Å². The van der Waals surface area contributed by atoms with Crippen molar-refractivity contribution in [3.8, 4) is 34.1 Å². The number of carboxylic acids is 1. The molecule has 0 saturated carbocycles. The van der Waals surface area contributed by atoms with Crippen molar-refractivity contribution in [1.82, 2.24) is 0 Å². The highest BCUT2D eigenvalue weighted by Gasteiger charge is 2.21. The summed E-state index contributed by atoms with van der Waals surface area (Å²) in [7, 11) is 6.12. The van der Waals surface area contributed by atoms with Crippen molar-refractivity contribution in [3.63, 3.8) is 0 Å². The molecule has 0 amide bonds. The predicted octanol–water partition coefficient (Wildman–Crippen LogP) is 5.13. The van der Waals surface area contributed by atoms with E-state index in [2.05, 4.69) is 0 Å². The summed E-state index contributed by atoms with van der Waals surface area (Å²) in [5.41, 5.74) is 2.61. The van der Waals surface area contributed by atoms with Gasteiger partial charge < -0.3 is 33.9 Å². The van der Waals surface area contributed by atoms with Gasteiger partial charge in [-0.3, -0.25) is 9.59 Å². The monoisotopic (exact) mass is 518 g/mol. The van der Waals surface area contributed by atoms with Gasteiger partial charge in [-0.05, 0) is 48.2 Å². The quantitative estimate of drug-likeness (QED) is 0.217. The Kier molecular flexibility index (Phi) is 12.6. The molecule has 0 unspecified atom stereocenters. The summed E-state index contributed by atoms with van der Waals surface area (Å²) in [6.07, 6.45) is 5.64. The van der Waals surface area contributed by atoms with Gasteiger partial charge >= 0.3 is 11.9 Å². The van der Waals surface area contributed by atoms with Crippen LogP contribution in [0, 0.1) is 0 Å². The van der Waals surface area contributed by atoms with E-state index >= 15 is 0 Å². The Labute approximate surface area is 218 Å². The normalized spacial score (nSPS) is 10.6. The van der Waals surface area contributed by atoms with Crippen LogP contribution in [0.5, 0.6) is 23.0 Å². The van der Waals surface area contributed by atoms with Crippen molar-refractivity contribution in [2.24, 2.45) is 0 Å². The zero-order chi connectivity index (χ0) is 27.2. The number of hydrogen-bond acceptors (Lipinski definition) is 8. The molecule has 0 aliphatic rings. The standard InChI is InChI=1S/C28H38O9/c1-33-23-15-19(17-29)13-21(27(23)35-3)22-14-20(16-24(34-2)28(22)36-4)18-37-26(32)12-10-8-6-5-7-9-11-25(30)31/h13-16,29H,5-12,17-18H2,1-4H3,(H,30,31). The lowest BCUT2D eigenvalue weighted by atomic mass is 9.97. The van der Waals surface area contributed by atoms with Crippen molar-refractivity contribution in [2.45, 2.75) is 64.6 Å². The number of rotatable bonds is 17. The Balaban J connectivity index is 2.10. The molecule has 2 N–H and O–H groups in total. The first-order valence-corrected chi connectivity index (χ1v) is 12.4. The highest BCUT2D eigenvalue weighted by molar-refractivity contribution is 5.82. The second-order valence-corrected chi connectivity index (χ2v) is 8.59. The molecule has 204 valence electrons. The minimum Gasteiger partial charge on any atom is -0.493 e. The van der Waals surface area contributed by atoms with E-state index in [-0.39, 0.29) is 25.6 Å². The zero-order valence-corrected chi connectivity index (χ0v) is 22.1. The molecule has 37 heavy (non-hydrogen) atoms. The fourth-order valence-corrected chi connectivity index (χ4v) is 4.11. The molecule has 0 bridgehead atoms. The Morgan fingerprint density at radius 1 is 0.676 bits per heavy atom. The number of ether oxygens (including phenoxy) is 5. The average molecular weight is 519 g/mol. The molecule has 0 saturated heterocycles. The van der Waals surface area contributed by atoms with Crippen LogP contribution < -0.4 is 18.9 Å². The van der Waals surface area contributed by atoms with Crippen LogP contribution in [0.4, 0.5) is 0 Å². The first kappa shape index (κ1) is 29.8. The van der Waals surface area contributed by atoms with Gasteiger partial charge in [0.05, 0.1) is 35.0 Å². The molecule has 9 heteroatoms. The van der Waals surface area contributed by atoms with E-state index in [0.29, 0.717) is 58.1 Å². The Morgan fingerprint density at radius 2 is 1.16 bits per heavy atom. The zero-order valence-electron chi connectivity index (χ0n) is 22.1. The largest absolute Gasteiger partial charge is 0.493 e. The Bertz CT molecular complexity index is 1030. The van der Waals surface area contributed by atoms with Crippen molar-refractivity contribution < 1.29 is 43.5 Å². The number of esters is 1. The van der Waals surface area contributed by atoms with Crippen molar-refractivity contribution in [3.05, 3.63) is 35.4 Å². The summed E-state index contributed by atoms with van der Waals surface area (Å²) < 4.78 is 27.8. The summed E-state index contributed by atoms with van der Waals surface area (Å²) in [5, 5.41) is 18.4. The highest BCUT2D eigenvalue weighted by Crippen LogP contribution is 2.46. The summed E-state index contributed by atoms with van der Waals surface area (Å²) in [6.45, 7) is -0.132. The minimum absolute atomic E-state index is 0.0561. The number of aliphatic hydroxyl groups is 1. The Morgan fingerprint density at radius 3 is 1.65 bits per heavy atom. The molecule has 0 radical (unpaired) electrons. The lowest BCUT2D eigenvalue weighted by Crippen LogP contribution is -2.05. The highest BCUT2D eigenvalue weighted by atomic mass is 16.5. The second-order valence-electron chi connectivity index (χ2n) is 8.59. The molecule has 2 aromatic rings. The molecule has 2 rings (SSSR count). The maximum absolute atomic E-state index is 12.3. The SMILES string of the molecule is COc1cc(CO)cc(-c2cc(COC(=O)CCCCCCCCC(=O)O)cc(OC)c2OC)c1OC. The number of methoxy groups -OCH3 is 4. The van der Waals surface area contributed by atoms with Gasteiger partial charge in [0.2, 0.25) is 0 Å². The van der Waals surface area contributed by atoms with Gasteiger partial charge in [-0.15, -0.1) is 0 Å². The minimum atomic E-state index is -0.762. The maximum atomic E-state index is 12.3. The molecular weight excluding hydrogens is 480 g/mol. The molecule has 0 atom stereocenters. The number of unbranched alkanes of at least 4 members (excludes halogenated alkanes) is 5. The van der Waals surface area contributed by atoms with Gasteiger partial charge in [0.15, 0.2) is 23.0 Å².